The van der Waals surface area contributed by atoms with Gasteiger partial charge in [-0.2, -0.15) is 0 Å². The Morgan fingerprint density at radius 3 is 2.74 bits per heavy atom. The van der Waals surface area contributed by atoms with E-state index in [1.54, 1.807) is 4.90 Å². The van der Waals surface area contributed by atoms with Crippen LogP contribution in [0.25, 0.3) is 11.1 Å². The van der Waals surface area contributed by atoms with Crippen LogP contribution in [-0.2, 0) is 11.3 Å². The molecule has 0 aliphatic heterocycles. The fraction of sp³-hybridized carbons (Fsp3) is 0.467. The standard InChI is InChI=1S/C15H19N3O5/c1-3-5-8-16(4-2)14(19)10-17-12-7-6-11(18(21)22)9-13(12)23-15(17)20/h6-7,9H,3-5,8,10H2,1-2H3. The van der Waals surface area contributed by atoms with E-state index in [1.807, 2.05) is 13.8 Å². The highest BCUT2D eigenvalue weighted by atomic mass is 16.6. The molecule has 0 N–H and O–H groups in total. The molecule has 1 amide bonds. The number of aromatic nitrogens is 1. The van der Waals surface area contributed by atoms with Crippen LogP contribution >= 0.6 is 0 Å². The molecule has 2 rings (SSSR count). The number of fused-ring (bicyclic) bond motifs is 1. The van der Waals surface area contributed by atoms with E-state index in [2.05, 4.69) is 0 Å². The Labute approximate surface area is 132 Å². The van der Waals surface area contributed by atoms with Gasteiger partial charge in [0, 0.05) is 19.2 Å². The monoisotopic (exact) mass is 321 g/mol. The van der Waals surface area contributed by atoms with Gasteiger partial charge < -0.3 is 9.32 Å². The fourth-order valence-electron chi connectivity index (χ4n) is 2.36. The molecule has 0 saturated carbocycles. The molecule has 0 fully saturated rings. The summed E-state index contributed by atoms with van der Waals surface area (Å²) in [6, 6.07) is 3.90. The molecule has 0 spiro atoms. The van der Waals surface area contributed by atoms with Crippen LogP contribution in [0.3, 0.4) is 0 Å². The summed E-state index contributed by atoms with van der Waals surface area (Å²) in [6.45, 7) is 4.99. The van der Waals surface area contributed by atoms with Crippen molar-refractivity contribution in [1.82, 2.24) is 9.47 Å². The SMILES string of the molecule is CCCCN(CC)C(=O)Cn1c(=O)oc2cc([N+](=O)[O-])ccc21. The van der Waals surface area contributed by atoms with Crippen molar-refractivity contribution < 1.29 is 14.1 Å². The largest absolute Gasteiger partial charge is 0.420 e. The molecule has 2 aromatic rings. The van der Waals surface area contributed by atoms with Crippen LogP contribution in [0.4, 0.5) is 5.69 Å². The third-order valence-corrected chi connectivity index (χ3v) is 3.67. The zero-order valence-corrected chi connectivity index (χ0v) is 13.2. The maximum absolute atomic E-state index is 12.3. The number of nitro benzene ring substituents is 1. The number of nitro groups is 1. The summed E-state index contributed by atoms with van der Waals surface area (Å²) in [5.41, 5.74) is 0.317. The van der Waals surface area contributed by atoms with E-state index in [1.165, 1.54) is 22.8 Å². The number of carbonyl (C=O) groups excluding carboxylic acids is 1. The fourth-order valence-corrected chi connectivity index (χ4v) is 2.36. The molecule has 8 heteroatoms. The number of carbonyl (C=O) groups is 1. The van der Waals surface area contributed by atoms with Gasteiger partial charge in [-0.15, -0.1) is 0 Å². The van der Waals surface area contributed by atoms with E-state index >= 15 is 0 Å². The van der Waals surface area contributed by atoms with E-state index in [0.29, 0.717) is 18.6 Å². The second kappa shape index (κ2) is 7.08. The Morgan fingerprint density at radius 1 is 1.39 bits per heavy atom. The third kappa shape index (κ3) is 3.58. The quantitative estimate of drug-likeness (QED) is 0.575. The van der Waals surface area contributed by atoms with E-state index in [4.69, 9.17) is 4.42 Å². The van der Waals surface area contributed by atoms with Gasteiger partial charge in [-0.3, -0.25) is 19.5 Å². The average Bonchev–Trinajstić information content (AvgIpc) is 2.83. The number of non-ortho nitro benzene ring substituents is 1. The van der Waals surface area contributed by atoms with Gasteiger partial charge in [-0.1, -0.05) is 13.3 Å². The molecule has 1 aromatic heterocycles. The van der Waals surface area contributed by atoms with Gasteiger partial charge in [0.05, 0.1) is 16.5 Å². The van der Waals surface area contributed by atoms with Crippen LogP contribution in [0.1, 0.15) is 26.7 Å². The van der Waals surface area contributed by atoms with Crippen molar-refractivity contribution in [2.24, 2.45) is 0 Å². The molecule has 0 aliphatic rings. The molecular weight excluding hydrogens is 302 g/mol. The zero-order valence-electron chi connectivity index (χ0n) is 13.2. The Bertz CT molecular complexity index is 777. The van der Waals surface area contributed by atoms with Crippen molar-refractivity contribution in [2.75, 3.05) is 13.1 Å². The van der Waals surface area contributed by atoms with Crippen molar-refractivity contribution >= 4 is 22.7 Å². The van der Waals surface area contributed by atoms with Crippen molar-refractivity contribution in [3.05, 3.63) is 38.9 Å². The number of hydrogen-bond acceptors (Lipinski definition) is 5. The lowest BCUT2D eigenvalue weighted by molar-refractivity contribution is -0.384. The van der Waals surface area contributed by atoms with Gasteiger partial charge in [0.25, 0.3) is 5.69 Å². The Kier molecular flexibility index (Phi) is 5.15. The average molecular weight is 321 g/mol. The highest BCUT2D eigenvalue weighted by molar-refractivity contribution is 5.80. The van der Waals surface area contributed by atoms with Gasteiger partial charge in [-0.25, -0.2) is 4.79 Å². The first kappa shape index (κ1) is 16.7. The molecule has 124 valence electrons. The summed E-state index contributed by atoms with van der Waals surface area (Å²) in [7, 11) is 0. The van der Waals surface area contributed by atoms with Crippen LogP contribution in [0.2, 0.25) is 0 Å². The second-order valence-electron chi connectivity index (χ2n) is 5.19. The van der Waals surface area contributed by atoms with E-state index in [-0.39, 0.29) is 23.7 Å². The normalized spacial score (nSPS) is 10.9. The first-order valence-electron chi connectivity index (χ1n) is 7.53. The minimum Gasteiger partial charge on any atom is -0.407 e. The van der Waals surface area contributed by atoms with E-state index in [0.717, 1.165) is 12.8 Å². The van der Waals surface area contributed by atoms with Crippen molar-refractivity contribution in [3.8, 4) is 0 Å². The van der Waals surface area contributed by atoms with E-state index in [9.17, 15) is 19.7 Å². The van der Waals surface area contributed by atoms with Gasteiger partial charge >= 0.3 is 5.76 Å². The minimum absolute atomic E-state index is 0.105. The Hall–Kier alpha value is -2.64. The smallest absolute Gasteiger partial charge is 0.407 e. The number of hydrogen-bond donors (Lipinski definition) is 0. The lowest BCUT2D eigenvalue weighted by Crippen LogP contribution is -2.36. The van der Waals surface area contributed by atoms with Crippen molar-refractivity contribution in [3.63, 3.8) is 0 Å². The van der Waals surface area contributed by atoms with Crippen LogP contribution < -0.4 is 5.76 Å². The maximum atomic E-state index is 12.3. The highest BCUT2D eigenvalue weighted by Gasteiger charge is 2.18. The molecule has 0 bridgehead atoms. The second-order valence-corrected chi connectivity index (χ2v) is 5.19. The predicted molar refractivity (Wildman–Crippen MR) is 84.3 cm³/mol. The summed E-state index contributed by atoms with van der Waals surface area (Å²) < 4.78 is 6.22. The molecule has 1 aromatic carbocycles. The minimum atomic E-state index is -0.694. The summed E-state index contributed by atoms with van der Waals surface area (Å²) in [4.78, 5) is 36.1. The molecule has 0 saturated heterocycles. The summed E-state index contributed by atoms with van der Waals surface area (Å²) >= 11 is 0. The van der Waals surface area contributed by atoms with Crippen LogP contribution in [0.15, 0.2) is 27.4 Å². The van der Waals surface area contributed by atoms with Gasteiger partial charge in [0.2, 0.25) is 5.91 Å². The van der Waals surface area contributed by atoms with Crippen LogP contribution in [-0.4, -0.2) is 33.4 Å². The summed E-state index contributed by atoms with van der Waals surface area (Å²) in [5.74, 6) is -0.871. The Morgan fingerprint density at radius 2 is 2.13 bits per heavy atom. The number of nitrogens with zero attached hydrogens (tertiary/aromatic N) is 3. The third-order valence-electron chi connectivity index (χ3n) is 3.67. The molecule has 0 atom stereocenters. The Balaban J connectivity index is 2.29. The van der Waals surface area contributed by atoms with Crippen molar-refractivity contribution in [1.29, 1.82) is 0 Å². The van der Waals surface area contributed by atoms with E-state index < -0.39 is 10.7 Å². The lowest BCUT2D eigenvalue weighted by atomic mass is 10.3. The van der Waals surface area contributed by atoms with Crippen LogP contribution in [0, 0.1) is 10.1 Å². The van der Waals surface area contributed by atoms with Gasteiger partial charge in [-0.05, 0) is 19.4 Å². The number of oxazole rings is 1. The topological polar surface area (TPSA) is 98.6 Å². The first-order valence-corrected chi connectivity index (χ1v) is 7.53. The van der Waals surface area contributed by atoms with Crippen LogP contribution in [0.5, 0.6) is 0 Å². The molecule has 23 heavy (non-hydrogen) atoms. The maximum Gasteiger partial charge on any atom is 0.420 e. The molecule has 1 heterocycles. The number of unbranched alkanes of at least 4 members (excludes halogenated alkanes) is 1. The first-order chi connectivity index (χ1) is 11.0. The summed E-state index contributed by atoms with van der Waals surface area (Å²) in [5, 5.41) is 10.8. The molecule has 0 radical (unpaired) electrons. The number of amides is 1. The molecule has 0 aliphatic carbocycles. The van der Waals surface area contributed by atoms with Gasteiger partial charge in [0.1, 0.15) is 6.54 Å². The van der Waals surface area contributed by atoms with Gasteiger partial charge in [0.15, 0.2) is 5.58 Å². The van der Waals surface area contributed by atoms with Crippen molar-refractivity contribution in [2.45, 2.75) is 33.2 Å². The molecule has 8 nitrogen and oxygen atoms in total. The lowest BCUT2D eigenvalue weighted by Gasteiger charge is -2.20. The number of likely N-dealkylation sites (N-methyl/N-ethyl adjacent to an activating group) is 1. The zero-order chi connectivity index (χ0) is 17.0. The molecule has 0 unspecified atom stereocenters. The summed E-state index contributed by atoms with van der Waals surface area (Å²) in [6.07, 6.45) is 1.87. The predicted octanol–water partition coefficient (Wildman–Crippen LogP) is 2.15. The highest BCUT2D eigenvalue weighted by Crippen LogP contribution is 2.20. The number of rotatable bonds is 7. The molecular formula is C15H19N3O5. The number of benzene rings is 1.